The van der Waals surface area contributed by atoms with Crippen molar-refractivity contribution in [2.75, 3.05) is 0 Å². The van der Waals surface area contributed by atoms with E-state index in [9.17, 15) is 4.79 Å². The third kappa shape index (κ3) is 1.48. The maximum Gasteiger partial charge on any atom is 0.311 e. The Kier molecular flexibility index (Phi) is 1.91. The van der Waals surface area contributed by atoms with E-state index < -0.39 is 5.97 Å². The first-order chi connectivity index (χ1) is 4.70. The number of carboxylic acids is 1. The molecule has 0 aliphatic heterocycles. The molecule has 10 heavy (non-hydrogen) atoms. The number of hydrogen-bond acceptors (Lipinski definition) is 3. The molecule has 4 nitrogen and oxygen atoms in total. The molecule has 1 heterocycles. The van der Waals surface area contributed by atoms with Crippen LogP contribution >= 0.6 is 11.6 Å². The van der Waals surface area contributed by atoms with Gasteiger partial charge in [0.2, 0.25) is 0 Å². The average Bonchev–Trinajstić information content (AvgIpc) is 2.15. The first-order valence-corrected chi connectivity index (χ1v) is 2.89. The van der Waals surface area contributed by atoms with Gasteiger partial charge in [0, 0.05) is 0 Å². The van der Waals surface area contributed by atoms with Crippen LogP contribution in [0.25, 0.3) is 0 Å². The van der Waals surface area contributed by atoms with E-state index in [-0.39, 0.29) is 17.2 Å². The zero-order chi connectivity index (χ0) is 7.56. The van der Waals surface area contributed by atoms with Crippen molar-refractivity contribution in [3.05, 3.63) is 17.0 Å². The lowest BCUT2D eigenvalue weighted by atomic mass is 10.3. The van der Waals surface area contributed by atoms with Crippen LogP contribution in [0.15, 0.2) is 10.7 Å². The van der Waals surface area contributed by atoms with Crippen molar-refractivity contribution in [1.82, 2.24) is 5.16 Å². The Hall–Kier alpha value is -1.03. The average molecular weight is 162 g/mol. The lowest BCUT2D eigenvalue weighted by Gasteiger charge is -1.86. The summed E-state index contributed by atoms with van der Waals surface area (Å²) in [5, 5.41) is 11.8. The lowest BCUT2D eigenvalue weighted by molar-refractivity contribution is -0.136. The zero-order valence-electron chi connectivity index (χ0n) is 4.87. The van der Waals surface area contributed by atoms with Gasteiger partial charge in [-0.2, -0.15) is 0 Å². The molecule has 1 rings (SSSR count). The zero-order valence-corrected chi connectivity index (χ0v) is 5.63. The van der Waals surface area contributed by atoms with E-state index >= 15 is 0 Å². The second-order valence-electron chi connectivity index (χ2n) is 1.67. The van der Waals surface area contributed by atoms with Gasteiger partial charge in [-0.05, 0) is 0 Å². The summed E-state index contributed by atoms with van der Waals surface area (Å²) in [5.41, 5.74) is 0. The standard InChI is InChI=1S/C5H4ClNO3/c6-3-2-7-10-4(3)1-5(8)9/h2H,1H2,(H,8,9). The Labute approximate surface area is 61.4 Å². The van der Waals surface area contributed by atoms with Crippen LogP contribution in [0.5, 0.6) is 0 Å². The van der Waals surface area contributed by atoms with Gasteiger partial charge in [0.15, 0.2) is 5.76 Å². The van der Waals surface area contributed by atoms with Crippen LogP contribution < -0.4 is 0 Å². The van der Waals surface area contributed by atoms with Crippen LogP contribution in [-0.2, 0) is 11.2 Å². The highest BCUT2D eigenvalue weighted by atomic mass is 35.5. The lowest BCUT2D eigenvalue weighted by Crippen LogP contribution is -1.98. The molecular weight excluding hydrogens is 158 g/mol. The number of aliphatic carboxylic acids is 1. The molecule has 1 aromatic rings. The van der Waals surface area contributed by atoms with E-state index in [0.717, 1.165) is 0 Å². The van der Waals surface area contributed by atoms with Gasteiger partial charge in [-0.3, -0.25) is 4.79 Å². The summed E-state index contributed by atoms with van der Waals surface area (Å²) in [6.07, 6.45) is 1.04. The SMILES string of the molecule is O=C(O)Cc1oncc1Cl. The van der Waals surface area contributed by atoms with E-state index in [1.54, 1.807) is 0 Å². The Morgan fingerprint density at radius 2 is 2.60 bits per heavy atom. The number of carboxylic acid groups (broad SMARTS) is 1. The van der Waals surface area contributed by atoms with Gasteiger partial charge in [0.1, 0.15) is 11.4 Å². The quantitative estimate of drug-likeness (QED) is 0.702. The maximum absolute atomic E-state index is 10.1. The number of carbonyl (C=O) groups is 1. The van der Waals surface area contributed by atoms with Crippen LogP contribution in [0, 0.1) is 0 Å². The number of aromatic nitrogens is 1. The molecule has 0 atom stereocenters. The summed E-state index contributed by atoms with van der Waals surface area (Å²) in [5.74, 6) is -0.798. The van der Waals surface area contributed by atoms with E-state index in [1.807, 2.05) is 0 Å². The normalized spacial score (nSPS) is 9.70. The second-order valence-corrected chi connectivity index (χ2v) is 2.07. The van der Waals surface area contributed by atoms with Gasteiger partial charge in [0.25, 0.3) is 0 Å². The highest BCUT2D eigenvalue weighted by Gasteiger charge is 2.08. The van der Waals surface area contributed by atoms with Gasteiger partial charge >= 0.3 is 5.97 Å². The summed E-state index contributed by atoms with van der Waals surface area (Å²) in [6, 6.07) is 0. The van der Waals surface area contributed by atoms with Crippen LogP contribution in [-0.4, -0.2) is 16.2 Å². The molecular formula is C5H4ClNO3. The molecule has 0 radical (unpaired) electrons. The van der Waals surface area contributed by atoms with Gasteiger partial charge in [-0.25, -0.2) is 0 Å². The van der Waals surface area contributed by atoms with Crippen molar-refractivity contribution in [1.29, 1.82) is 0 Å². The number of hydrogen-bond donors (Lipinski definition) is 1. The monoisotopic (exact) mass is 161 g/mol. The molecule has 0 unspecified atom stereocenters. The fraction of sp³-hybridized carbons (Fsp3) is 0.200. The number of nitrogens with zero attached hydrogens (tertiary/aromatic N) is 1. The van der Waals surface area contributed by atoms with Gasteiger partial charge in [-0.15, -0.1) is 0 Å². The molecule has 1 aromatic heterocycles. The first kappa shape index (κ1) is 7.08. The van der Waals surface area contributed by atoms with Crippen molar-refractivity contribution in [3.63, 3.8) is 0 Å². The third-order valence-corrected chi connectivity index (χ3v) is 1.22. The summed E-state index contributed by atoms with van der Waals surface area (Å²) < 4.78 is 4.51. The predicted octanol–water partition coefficient (Wildman–Crippen LogP) is 0.955. The minimum Gasteiger partial charge on any atom is -0.481 e. The third-order valence-electron chi connectivity index (χ3n) is 0.907. The minimum atomic E-state index is -0.987. The van der Waals surface area contributed by atoms with Crippen molar-refractivity contribution < 1.29 is 14.4 Å². The number of rotatable bonds is 2. The van der Waals surface area contributed by atoms with E-state index in [1.165, 1.54) is 6.20 Å². The van der Waals surface area contributed by atoms with Crippen LogP contribution in [0.3, 0.4) is 0 Å². The summed E-state index contributed by atoms with van der Waals surface area (Å²) >= 11 is 5.46. The Balaban J connectivity index is 2.74. The Bertz CT molecular complexity index is 245. The first-order valence-electron chi connectivity index (χ1n) is 2.51. The summed E-state index contributed by atoms with van der Waals surface area (Å²) in [7, 11) is 0. The Morgan fingerprint density at radius 1 is 1.90 bits per heavy atom. The molecule has 0 aliphatic carbocycles. The minimum absolute atomic E-state index is 0.189. The molecule has 0 fully saturated rings. The molecule has 5 heteroatoms. The summed E-state index contributed by atoms with van der Waals surface area (Å²) in [6.45, 7) is 0. The van der Waals surface area contributed by atoms with Crippen LogP contribution in [0.4, 0.5) is 0 Å². The van der Waals surface area contributed by atoms with Gasteiger partial charge in [0.05, 0.1) is 6.20 Å². The molecule has 0 spiro atoms. The largest absolute Gasteiger partial charge is 0.481 e. The van der Waals surface area contributed by atoms with E-state index in [4.69, 9.17) is 16.7 Å². The maximum atomic E-state index is 10.1. The van der Waals surface area contributed by atoms with Crippen LogP contribution in [0.1, 0.15) is 5.76 Å². The fourth-order valence-corrected chi connectivity index (χ4v) is 0.647. The molecule has 0 aromatic carbocycles. The van der Waals surface area contributed by atoms with Crippen LogP contribution in [0.2, 0.25) is 5.02 Å². The fourth-order valence-electron chi connectivity index (χ4n) is 0.506. The van der Waals surface area contributed by atoms with Gasteiger partial charge in [-0.1, -0.05) is 16.8 Å². The van der Waals surface area contributed by atoms with E-state index in [2.05, 4.69) is 9.68 Å². The molecule has 54 valence electrons. The summed E-state index contributed by atoms with van der Waals surface area (Å²) in [4.78, 5) is 10.1. The smallest absolute Gasteiger partial charge is 0.311 e. The molecule has 0 amide bonds. The highest BCUT2D eigenvalue weighted by molar-refractivity contribution is 6.31. The Morgan fingerprint density at radius 3 is 3.00 bits per heavy atom. The van der Waals surface area contributed by atoms with Crippen molar-refractivity contribution >= 4 is 17.6 Å². The topological polar surface area (TPSA) is 63.3 Å². The molecule has 0 aliphatic rings. The number of halogens is 1. The molecule has 1 N–H and O–H groups in total. The highest BCUT2D eigenvalue weighted by Crippen LogP contribution is 2.14. The molecule has 0 bridgehead atoms. The van der Waals surface area contributed by atoms with Crippen molar-refractivity contribution in [3.8, 4) is 0 Å². The molecule has 0 saturated carbocycles. The molecule has 0 saturated heterocycles. The van der Waals surface area contributed by atoms with E-state index in [0.29, 0.717) is 0 Å². The predicted molar refractivity (Wildman–Crippen MR) is 32.9 cm³/mol. The second kappa shape index (κ2) is 2.70. The van der Waals surface area contributed by atoms with Crippen molar-refractivity contribution in [2.24, 2.45) is 0 Å². The van der Waals surface area contributed by atoms with Crippen molar-refractivity contribution in [2.45, 2.75) is 6.42 Å². The van der Waals surface area contributed by atoms with Gasteiger partial charge < -0.3 is 9.63 Å².